The molecule has 43 heavy (non-hydrogen) atoms. The van der Waals surface area contributed by atoms with Gasteiger partial charge in [-0.15, -0.1) is 4.57 Å². The Hall–Kier alpha value is -3.87. The maximum Gasteiger partial charge on any atom is 0.409 e. The SMILES string of the molecule is CCC1(CC)[n+]2c3cc4c(cc3n3c(C(C)(C)C)nc5cc(F)c(C)c(c5c32)C12OC(=O)c1cccc[n+]12)C1CCC4C1. The number of carbonyl (C=O) groups is 1. The highest BCUT2D eigenvalue weighted by molar-refractivity contribution is 5.99. The van der Waals surface area contributed by atoms with Crippen LogP contribution in [0.5, 0.6) is 0 Å². The van der Waals surface area contributed by atoms with Crippen LogP contribution in [-0.4, -0.2) is 15.4 Å². The van der Waals surface area contributed by atoms with Crippen LogP contribution in [0.2, 0.25) is 0 Å². The van der Waals surface area contributed by atoms with E-state index >= 15 is 4.39 Å². The van der Waals surface area contributed by atoms with Crippen molar-refractivity contribution in [2.24, 2.45) is 0 Å². The van der Waals surface area contributed by atoms with Crippen LogP contribution < -0.4 is 9.13 Å². The molecule has 2 aromatic carbocycles. The van der Waals surface area contributed by atoms with E-state index in [0.29, 0.717) is 47.0 Å². The van der Waals surface area contributed by atoms with Crippen molar-refractivity contribution in [2.45, 2.75) is 102 Å². The number of esters is 1. The van der Waals surface area contributed by atoms with Gasteiger partial charge >= 0.3 is 11.7 Å². The molecule has 1 fully saturated rings. The van der Waals surface area contributed by atoms with Crippen molar-refractivity contribution in [1.82, 2.24) is 9.38 Å². The van der Waals surface area contributed by atoms with Crippen molar-refractivity contribution >= 4 is 33.6 Å². The fourth-order valence-electron chi connectivity index (χ4n) is 9.60. The number of aromatic nitrogens is 4. The Morgan fingerprint density at radius 3 is 2.51 bits per heavy atom. The Balaban J connectivity index is 1.60. The zero-order chi connectivity index (χ0) is 29.8. The number of hydrogen-bond donors (Lipinski definition) is 0. The number of pyridine rings is 1. The smallest absolute Gasteiger partial charge is 0.384 e. The first-order chi connectivity index (χ1) is 20.6. The largest absolute Gasteiger partial charge is 0.409 e. The van der Waals surface area contributed by atoms with Gasteiger partial charge in [0.1, 0.15) is 11.2 Å². The van der Waals surface area contributed by atoms with Crippen LogP contribution in [0.1, 0.15) is 117 Å². The van der Waals surface area contributed by atoms with Gasteiger partial charge in [-0.1, -0.05) is 34.6 Å². The average Bonchev–Trinajstić information content (AvgIpc) is 3.75. The van der Waals surface area contributed by atoms with E-state index in [9.17, 15) is 4.79 Å². The van der Waals surface area contributed by atoms with Gasteiger partial charge in [0.15, 0.2) is 17.2 Å². The van der Waals surface area contributed by atoms with Gasteiger partial charge in [0.25, 0.3) is 11.3 Å². The van der Waals surface area contributed by atoms with E-state index in [4.69, 9.17) is 9.72 Å². The molecule has 3 unspecified atom stereocenters. The number of fused-ring (bicyclic) bond motifs is 11. The summed E-state index contributed by atoms with van der Waals surface area (Å²) in [6.07, 6.45) is 7.01. The number of rotatable bonds is 2. The summed E-state index contributed by atoms with van der Waals surface area (Å²) in [7, 11) is 0. The highest BCUT2D eigenvalue weighted by Gasteiger charge is 2.75. The normalized spacial score (nSPS) is 24.6. The fraction of sp³-hybridized carbons (Fsp3) is 0.444. The zero-order valence-electron chi connectivity index (χ0n) is 25.7. The molecule has 3 atom stereocenters. The predicted molar refractivity (Wildman–Crippen MR) is 161 cm³/mol. The zero-order valence-corrected chi connectivity index (χ0v) is 25.7. The van der Waals surface area contributed by atoms with Crippen molar-refractivity contribution in [1.29, 1.82) is 0 Å². The number of halogens is 1. The summed E-state index contributed by atoms with van der Waals surface area (Å²) in [5.41, 5.74) is 6.20. The third-order valence-corrected chi connectivity index (χ3v) is 11.4. The molecule has 0 N–H and O–H groups in total. The molecule has 1 saturated carbocycles. The lowest BCUT2D eigenvalue weighted by molar-refractivity contribution is -0.875. The lowest BCUT2D eigenvalue weighted by atomic mass is 9.72. The molecule has 4 aliphatic rings. The van der Waals surface area contributed by atoms with Crippen LogP contribution in [-0.2, 0) is 21.4 Å². The van der Waals surface area contributed by atoms with E-state index < -0.39 is 11.3 Å². The van der Waals surface area contributed by atoms with Gasteiger partial charge in [0, 0.05) is 29.2 Å². The van der Waals surface area contributed by atoms with Crippen molar-refractivity contribution in [2.75, 3.05) is 0 Å². The van der Waals surface area contributed by atoms with Crippen LogP contribution in [0, 0.1) is 12.7 Å². The molecule has 0 radical (unpaired) electrons. The molecule has 3 aromatic heterocycles. The number of nitrogens with zero attached hydrogens (tertiary/aromatic N) is 4. The highest BCUT2D eigenvalue weighted by atomic mass is 19.1. The molecule has 6 nitrogen and oxygen atoms in total. The van der Waals surface area contributed by atoms with Crippen LogP contribution in [0.15, 0.2) is 42.6 Å². The molecule has 2 aliphatic carbocycles. The summed E-state index contributed by atoms with van der Waals surface area (Å²) >= 11 is 0. The predicted octanol–water partition coefficient (Wildman–Crippen LogP) is 6.73. The summed E-state index contributed by atoms with van der Waals surface area (Å²) in [5, 5.41) is 0.862. The van der Waals surface area contributed by atoms with E-state index in [1.807, 2.05) is 35.9 Å². The number of ether oxygens (including phenoxy) is 1. The quantitative estimate of drug-likeness (QED) is 0.173. The molecule has 5 heterocycles. The first-order valence-electron chi connectivity index (χ1n) is 15.9. The molecule has 1 spiro atoms. The third-order valence-electron chi connectivity index (χ3n) is 11.4. The Bertz CT molecular complexity index is 2120. The van der Waals surface area contributed by atoms with E-state index in [1.54, 1.807) is 6.07 Å². The maximum atomic E-state index is 16.2. The lowest BCUT2D eigenvalue weighted by Gasteiger charge is -2.42. The minimum absolute atomic E-state index is 0.311. The molecule has 7 heteroatoms. The fourth-order valence-corrected chi connectivity index (χ4v) is 9.60. The van der Waals surface area contributed by atoms with Gasteiger partial charge in [-0.05, 0) is 80.2 Å². The topological polar surface area (TPSA) is 51.4 Å². The minimum Gasteiger partial charge on any atom is -0.384 e. The summed E-state index contributed by atoms with van der Waals surface area (Å²) in [6, 6.07) is 12.1. The average molecular weight is 577 g/mol. The molecule has 2 bridgehead atoms. The summed E-state index contributed by atoms with van der Waals surface area (Å²) < 4.78 is 29.7. The van der Waals surface area contributed by atoms with Crippen LogP contribution in [0.3, 0.4) is 0 Å². The van der Waals surface area contributed by atoms with Crippen molar-refractivity contribution in [3.8, 4) is 0 Å². The van der Waals surface area contributed by atoms with E-state index in [-0.39, 0.29) is 17.2 Å². The number of imidazole rings is 1. The number of hydrogen-bond acceptors (Lipinski definition) is 3. The van der Waals surface area contributed by atoms with Gasteiger partial charge in [0.05, 0.1) is 11.1 Å². The second-order valence-corrected chi connectivity index (χ2v) is 14.3. The second kappa shape index (κ2) is 7.79. The molecule has 0 saturated heterocycles. The van der Waals surface area contributed by atoms with E-state index in [1.165, 1.54) is 30.4 Å². The van der Waals surface area contributed by atoms with Crippen molar-refractivity contribution in [3.05, 3.63) is 82.2 Å². The first kappa shape index (κ1) is 25.6. The van der Waals surface area contributed by atoms with Gasteiger partial charge in [0.2, 0.25) is 11.4 Å². The highest BCUT2D eigenvalue weighted by Crippen LogP contribution is 2.56. The maximum absolute atomic E-state index is 16.2. The standard InChI is InChI=1S/C36H37FN4O2/c1-7-35(8-2)36(39-14-10-9-11-26(39)32(42)43-36)30-19(3)24(37)18-25-29(30)31-40(33(38-25)34(4,5)6)27-16-22-20-12-13-21(15-20)23(22)17-28(27)41(31)35/h9-11,14,16-18,20-21H,7-8,12-13,15H2,1-6H3/q+2. The van der Waals surface area contributed by atoms with Gasteiger partial charge in [-0.25, -0.2) is 18.7 Å². The lowest BCUT2D eigenvalue weighted by Crippen LogP contribution is -2.78. The number of benzene rings is 2. The first-order valence-corrected chi connectivity index (χ1v) is 15.9. The Morgan fingerprint density at radius 1 is 1.09 bits per heavy atom. The van der Waals surface area contributed by atoms with Gasteiger partial charge < -0.3 is 4.74 Å². The molecular weight excluding hydrogens is 539 g/mol. The minimum atomic E-state index is -1.29. The van der Waals surface area contributed by atoms with Crippen LogP contribution in [0.4, 0.5) is 4.39 Å². The Kier molecular flexibility index (Phi) is 4.64. The van der Waals surface area contributed by atoms with Crippen molar-refractivity contribution < 1.29 is 23.1 Å². The van der Waals surface area contributed by atoms with Crippen LogP contribution in [0.25, 0.3) is 27.6 Å². The second-order valence-electron chi connectivity index (χ2n) is 14.3. The van der Waals surface area contributed by atoms with Gasteiger partial charge in [-0.2, -0.15) is 4.40 Å². The summed E-state index contributed by atoms with van der Waals surface area (Å²) in [4.78, 5) is 19.1. The van der Waals surface area contributed by atoms with Gasteiger partial charge in [-0.3, -0.25) is 0 Å². The summed E-state index contributed by atoms with van der Waals surface area (Å²) in [6.45, 7) is 12.7. The molecule has 9 rings (SSSR count). The monoisotopic (exact) mass is 576 g/mol. The van der Waals surface area contributed by atoms with Crippen molar-refractivity contribution in [3.63, 3.8) is 0 Å². The molecule has 218 valence electrons. The Labute approximate surface area is 250 Å². The van der Waals surface area contributed by atoms with E-state index in [0.717, 1.165) is 27.9 Å². The Morgan fingerprint density at radius 2 is 1.81 bits per heavy atom. The van der Waals surface area contributed by atoms with E-state index in [2.05, 4.69) is 55.7 Å². The summed E-state index contributed by atoms with van der Waals surface area (Å²) in [5.74, 6) is 1.40. The molecule has 5 aromatic rings. The molecular formula is C36H37FN4O2+2. The molecule has 2 aliphatic heterocycles. The third kappa shape index (κ3) is 2.69. The molecule has 0 amide bonds. The van der Waals surface area contributed by atoms with Crippen LogP contribution >= 0.6 is 0 Å². The number of carbonyl (C=O) groups excluding carboxylic acids is 1.